The normalized spacial score (nSPS) is 13.0. The molecule has 0 spiro atoms. The van der Waals surface area contributed by atoms with E-state index in [1.165, 1.54) is 29.5 Å². The molecule has 2 N–H and O–H groups in total. The van der Waals surface area contributed by atoms with E-state index in [4.69, 9.17) is 0 Å². The maximum absolute atomic E-state index is 13.1. The predicted octanol–water partition coefficient (Wildman–Crippen LogP) is 3.31. The average Bonchev–Trinajstić information content (AvgIpc) is 3.26. The monoisotopic (exact) mass is 406 g/mol. The highest BCUT2D eigenvalue weighted by atomic mass is 19.1. The van der Waals surface area contributed by atoms with Gasteiger partial charge in [0.15, 0.2) is 0 Å². The molecule has 7 heteroatoms. The van der Waals surface area contributed by atoms with Crippen LogP contribution in [0, 0.1) is 5.82 Å². The SMILES string of the molecule is O=C(NCCCC(=O)N1CCc2ccccc2C1)c1cn[nH]c1-c1ccc(F)cc1. The smallest absolute Gasteiger partial charge is 0.255 e. The number of aromatic amines is 1. The molecule has 2 aromatic carbocycles. The molecule has 0 saturated heterocycles. The van der Waals surface area contributed by atoms with Crippen LogP contribution in [-0.2, 0) is 17.8 Å². The zero-order valence-corrected chi connectivity index (χ0v) is 16.5. The maximum Gasteiger partial charge on any atom is 0.255 e. The van der Waals surface area contributed by atoms with Crippen molar-refractivity contribution in [3.63, 3.8) is 0 Å². The Morgan fingerprint density at radius 3 is 2.67 bits per heavy atom. The Kier molecular flexibility index (Phi) is 5.88. The molecule has 2 amide bonds. The molecule has 3 aromatic rings. The number of nitrogens with zero attached hydrogens (tertiary/aromatic N) is 2. The molecular formula is C23H23FN4O2. The van der Waals surface area contributed by atoms with Gasteiger partial charge >= 0.3 is 0 Å². The van der Waals surface area contributed by atoms with Crippen LogP contribution in [0.1, 0.15) is 34.3 Å². The van der Waals surface area contributed by atoms with E-state index in [0.29, 0.717) is 42.8 Å². The molecule has 1 aliphatic rings. The van der Waals surface area contributed by atoms with Crippen LogP contribution in [-0.4, -0.2) is 40.0 Å². The highest BCUT2D eigenvalue weighted by molar-refractivity contribution is 5.99. The van der Waals surface area contributed by atoms with Gasteiger partial charge in [0.2, 0.25) is 5.91 Å². The van der Waals surface area contributed by atoms with E-state index in [1.54, 1.807) is 12.1 Å². The number of carbonyl (C=O) groups is 2. The van der Waals surface area contributed by atoms with Gasteiger partial charge in [-0.3, -0.25) is 14.7 Å². The van der Waals surface area contributed by atoms with E-state index >= 15 is 0 Å². The van der Waals surface area contributed by atoms with Crippen LogP contribution in [0.3, 0.4) is 0 Å². The summed E-state index contributed by atoms with van der Waals surface area (Å²) in [5.74, 6) is -0.511. The summed E-state index contributed by atoms with van der Waals surface area (Å²) in [6.07, 6.45) is 3.28. The summed E-state index contributed by atoms with van der Waals surface area (Å²) in [5, 5.41) is 9.56. The highest BCUT2D eigenvalue weighted by Gasteiger charge is 2.20. The van der Waals surface area contributed by atoms with E-state index in [2.05, 4.69) is 27.6 Å². The number of hydrogen-bond donors (Lipinski definition) is 2. The van der Waals surface area contributed by atoms with Crippen LogP contribution in [0.5, 0.6) is 0 Å². The summed E-state index contributed by atoms with van der Waals surface area (Å²) in [5.41, 5.74) is 4.13. The predicted molar refractivity (Wildman–Crippen MR) is 111 cm³/mol. The Balaban J connectivity index is 1.26. The van der Waals surface area contributed by atoms with Gasteiger partial charge in [-0.05, 0) is 48.2 Å². The number of benzene rings is 2. The molecule has 0 atom stereocenters. The molecule has 0 aliphatic carbocycles. The van der Waals surface area contributed by atoms with Crippen molar-refractivity contribution < 1.29 is 14.0 Å². The van der Waals surface area contributed by atoms with Crippen LogP contribution in [0.4, 0.5) is 4.39 Å². The van der Waals surface area contributed by atoms with Crippen molar-refractivity contribution in [2.45, 2.75) is 25.8 Å². The highest BCUT2D eigenvalue weighted by Crippen LogP contribution is 2.21. The fourth-order valence-electron chi connectivity index (χ4n) is 3.70. The quantitative estimate of drug-likeness (QED) is 0.617. The third-order valence-corrected chi connectivity index (χ3v) is 5.35. The van der Waals surface area contributed by atoms with Gasteiger partial charge in [-0.1, -0.05) is 24.3 Å². The number of amides is 2. The Labute approximate surface area is 174 Å². The average molecular weight is 406 g/mol. The molecule has 0 fully saturated rings. The Morgan fingerprint density at radius 1 is 1.10 bits per heavy atom. The van der Waals surface area contributed by atoms with Crippen molar-refractivity contribution in [3.05, 3.63) is 77.2 Å². The number of aromatic nitrogens is 2. The lowest BCUT2D eigenvalue weighted by Gasteiger charge is -2.29. The largest absolute Gasteiger partial charge is 0.352 e. The molecule has 0 radical (unpaired) electrons. The van der Waals surface area contributed by atoms with Crippen molar-refractivity contribution in [2.75, 3.05) is 13.1 Å². The van der Waals surface area contributed by atoms with Crippen LogP contribution >= 0.6 is 0 Å². The van der Waals surface area contributed by atoms with Gasteiger partial charge < -0.3 is 10.2 Å². The molecule has 0 bridgehead atoms. The molecule has 2 heterocycles. The fourth-order valence-corrected chi connectivity index (χ4v) is 3.70. The summed E-state index contributed by atoms with van der Waals surface area (Å²) < 4.78 is 13.1. The number of H-pyrrole nitrogens is 1. The first-order valence-corrected chi connectivity index (χ1v) is 10.0. The second-order valence-corrected chi connectivity index (χ2v) is 7.36. The summed E-state index contributed by atoms with van der Waals surface area (Å²) >= 11 is 0. The van der Waals surface area contributed by atoms with Gasteiger partial charge in [0, 0.05) is 31.6 Å². The van der Waals surface area contributed by atoms with Crippen molar-refractivity contribution in [1.82, 2.24) is 20.4 Å². The molecule has 1 aromatic heterocycles. The fraction of sp³-hybridized carbons (Fsp3) is 0.261. The first-order chi connectivity index (χ1) is 14.6. The van der Waals surface area contributed by atoms with Crippen molar-refractivity contribution in [1.29, 1.82) is 0 Å². The minimum atomic E-state index is -0.342. The second kappa shape index (κ2) is 8.90. The zero-order valence-electron chi connectivity index (χ0n) is 16.5. The molecule has 30 heavy (non-hydrogen) atoms. The summed E-state index contributed by atoms with van der Waals surface area (Å²) in [7, 11) is 0. The van der Waals surface area contributed by atoms with Crippen molar-refractivity contribution in [3.8, 4) is 11.3 Å². The summed E-state index contributed by atoms with van der Waals surface area (Å²) in [4.78, 5) is 26.9. The Hall–Kier alpha value is -3.48. The number of fused-ring (bicyclic) bond motifs is 1. The van der Waals surface area contributed by atoms with E-state index < -0.39 is 0 Å². The Morgan fingerprint density at radius 2 is 1.87 bits per heavy atom. The van der Waals surface area contributed by atoms with Crippen LogP contribution in [0.25, 0.3) is 11.3 Å². The molecule has 6 nitrogen and oxygen atoms in total. The molecular weight excluding hydrogens is 383 g/mol. The molecule has 154 valence electrons. The van der Waals surface area contributed by atoms with Gasteiger partial charge in [0.1, 0.15) is 5.82 Å². The van der Waals surface area contributed by atoms with Crippen LogP contribution < -0.4 is 5.32 Å². The maximum atomic E-state index is 13.1. The third kappa shape index (κ3) is 4.40. The standard InChI is InChI=1S/C23H23FN4O2/c24-19-9-7-17(8-10-19)22-20(14-26-27-22)23(30)25-12-3-6-21(29)28-13-11-16-4-1-2-5-18(16)15-28/h1-2,4-5,7-10,14H,3,6,11-13,15H2,(H,25,30)(H,26,27). The topological polar surface area (TPSA) is 78.1 Å². The summed E-state index contributed by atoms with van der Waals surface area (Å²) in [6.45, 7) is 1.78. The first-order valence-electron chi connectivity index (χ1n) is 10.0. The van der Waals surface area contributed by atoms with E-state index in [9.17, 15) is 14.0 Å². The lowest BCUT2D eigenvalue weighted by molar-refractivity contribution is -0.132. The molecule has 0 unspecified atom stereocenters. The minimum absolute atomic E-state index is 0.106. The number of halogens is 1. The lowest BCUT2D eigenvalue weighted by Crippen LogP contribution is -2.36. The van der Waals surface area contributed by atoms with Crippen LogP contribution in [0.2, 0.25) is 0 Å². The van der Waals surface area contributed by atoms with E-state index in [1.807, 2.05) is 17.0 Å². The van der Waals surface area contributed by atoms with Crippen molar-refractivity contribution in [2.24, 2.45) is 0 Å². The van der Waals surface area contributed by atoms with Crippen molar-refractivity contribution >= 4 is 11.8 Å². The lowest BCUT2D eigenvalue weighted by atomic mass is 9.99. The minimum Gasteiger partial charge on any atom is -0.352 e. The number of nitrogens with one attached hydrogen (secondary N) is 2. The third-order valence-electron chi connectivity index (χ3n) is 5.35. The van der Waals surface area contributed by atoms with Crippen LogP contribution in [0.15, 0.2) is 54.7 Å². The second-order valence-electron chi connectivity index (χ2n) is 7.36. The van der Waals surface area contributed by atoms with E-state index in [0.717, 1.165) is 13.0 Å². The van der Waals surface area contributed by atoms with Gasteiger partial charge in [-0.15, -0.1) is 0 Å². The number of hydrogen-bond acceptors (Lipinski definition) is 3. The first kappa shape index (κ1) is 19.8. The van der Waals surface area contributed by atoms with Gasteiger partial charge in [0.25, 0.3) is 5.91 Å². The summed E-state index contributed by atoms with van der Waals surface area (Å²) in [6, 6.07) is 14.1. The number of carbonyl (C=O) groups excluding carboxylic acids is 2. The molecule has 1 aliphatic heterocycles. The van der Waals surface area contributed by atoms with Gasteiger partial charge in [0.05, 0.1) is 17.5 Å². The zero-order chi connectivity index (χ0) is 20.9. The molecule has 4 rings (SSSR count). The number of rotatable bonds is 6. The van der Waals surface area contributed by atoms with Gasteiger partial charge in [-0.25, -0.2) is 4.39 Å². The van der Waals surface area contributed by atoms with Gasteiger partial charge in [-0.2, -0.15) is 5.10 Å². The molecule has 0 saturated carbocycles. The van der Waals surface area contributed by atoms with E-state index in [-0.39, 0.29) is 17.6 Å². The Bertz CT molecular complexity index is 1050.